The highest BCUT2D eigenvalue weighted by Crippen LogP contribution is 2.26. The Bertz CT molecular complexity index is 607. The van der Waals surface area contributed by atoms with Crippen molar-refractivity contribution >= 4 is 43.6 Å². The van der Waals surface area contributed by atoms with E-state index in [-0.39, 0.29) is 6.04 Å². The smallest absolute Gasteiger partial charge is 0.119 e. The molecule has 0 amide bonds. The molecule has 1 unspecified atom stereocenters. The van der Waals surface area contributed by atoms with Crippen molar-refractivity contribution in [1.29, 1.82) is 0 Å². The van der Waals surface area contributed by atoms with Gasteiger partial charge in [-0.2, -0.15) is 0 Å². The van der Waals surface area contributed by atoms with E-state index in [1.54, 1.807) is 18.9 Å². The van der Waals surface area contributed by atoms with Gasteiger partial charge in [-0.1, -0.05) is 37.9 Å². The molecule has 2 aromatic carbocycles. The summed E-state index contributed by atoms with van der Waals surface area (Å²) in [6, 6.07) is 14.3. The number of halogens is 2. The van der Waals surface area contributed by atoms with Crippen LogP contribution in [0.3, 0.4) is 0 Å². The molecule has 0 spiro atoms. The van der Waals surface area contributed by atoms with E-state index in [0.717, 1.165) is 26.9 Å². The van der Waals surface area contributed by atoms with Crippen LogP contribution in [0.2, 0.25) is 0 Å². The third-order valence-electron chi connectivity index (χ3n) is 3.00. The van der Waals surface area contributed by atoms with E-state index in [2.05, 4.69) is 44.0 Å². The minimum Gasteiger partial charge on any atom is -0.497 e. The van der Waals surface area contributed by atoms with Crippen molar-refractivity contribution in [1.82, 2.24) is 0 Å². The Morgan fingerprint density at radius 1 is 1.19 bits per heavy atom. The summed E-state index contributed by atoms with van der Waals surface area (Å²) >= 11 is 8.83. The van der Waals surface area contributed by atoms with Crippen LogP contribution in [-0.4, -0.2) is 18.9 Å². The van der Waals surface area contributed by atoms with Crippen LogP contribution >= 0.6 is 43.6 Å². The minimum atomic E-state index is 0.0948. The number of hydrogen-bond donors (Lipinski definition) is 1. The summed E-state index contributed by atoms with van der Waals surface area (Å²) in [6.07, 6.45) is 0.818. The van der Waals surface area contributed by atoms with Crippen LogP contribution < -0.4 is 10.5 Å². The Morgan fingerprint density at radius 2 is 2.00 bits per heavy atom. The van der Waals surface area contributed by atoms with Crippen molar-refractivity contribution in [2.45, 2.75) is 17.4 Å². The zero-order chi connectivity index (χ0) is 15.2. The Hall–Kier alpha value is -0.490. The highest BCUT2D eigenvalue weighted by Gasteiger charge is 2.09. The molecule has 5 heteroatoms. The van der Waals surface area contributed by atoms with Crippen LogP contribution in [0, 0.1) is 0 Å². The first-order valence-electron chi connectivity index (χ1n) is 6.55. The standard InChI is InChI=1S/C16H17Br2NOS/c1-20-14-5-6-16(18)11(8-14)7-13(19)10-21-15-4-2-3-12(17)9-15/h2-6,8-9,13H,7,10,19H2,1H3. The van der Waals surface area contributed by atoms with Crippen LogP contribution in [0.4, 0.5) is 0 Å². The zero-order valence-corrected chi connectivity index (χ0v) is 15.7. The van der Waals surface area contributed by atoms with Gasteiger partial charge in [0.15, 0.2) is 0 Å². The predicted molar refractivity (Wildman–Crippen MR) is 97.2 cm³/mol. The molecule has 112 valence electrons. The molecule has 0 aliphatic heterocycles. The van der Waals surface area contributed by atoms with Crippen molar-refractivity contribution in [2.75, 3.05) is 12.9 Å². The average molecular weight is 431 g/mol. The lowest BCUT2D eigenvalue weighted by Crippen LogP contribution is -2.25. The van der Waals surface area contributed by atoms with Gasteiger partial charge in [-0.15, -0.1) is 11.8 Å². The van der Waals surface area contributed by atoms with Gasteiger partial charge in [0.1, 0.15) is 5.75 Å². The largest absolute Gasteiger partial charge is 0.497 e. The normalized spacial score (nSPS) is 12.2. The maximum Gasteiger partial charge on any atom is 0.119 e. The van der Waals surface area contributed by atoms with Gasteiger partial charge in [0.25, 0.3) is 0 Å². The van der Waals surface area contributed by atoms with Crippen LogP contribution in [-0.2, 0) is 6.42 Å². The lowest BCUT2D eigenvalue weighted by Gasteiger charge is -2.13. The second kappa shape index (κ2) is 8.22. The predicted octanol–water partition coefficient (Wildman–Crippen LogP) is 4.88. The summed E-state index contributed by atoms with van der Waals surface area (Å²) in [5, 5.41) is 0. The summed E-state index contributed by atoms with van der Waals surface area (Å²) in [5.74, 6) is 1.74. The molecule has 0 saturated carbocycles. The van der Waals surface area contributed by atoms with Crippen LogP contribution in [0.25, 0.3) is 0 Å². The van der Waals surface area contributed by atoms with Crippen molar-refractivity contribution in [2.24, 2.45) is 5.73 Å². The quantitative estimate of drug-likeness (QED) is 0.663. The van der Waals surface area contributed by atoms with E-state index in [1.165, 1.54) is 10.5 Å². The molecule has 2 rings (SSSR count). The molecule has 0 aliphatic rings. The molecule has 0 fully saturated rings. The summed E-state index contributed by atoms with van der Waals surface area (Å²) in [6.45, 7) is 0. The molecule has 21 heavy (non-hydrogen) atoms. The molecular formula is C16H17Br2NOS. The first-order valence-corrected chi connectivity index (χ1v) is 9.12. The van der Waals surface area contributed by atoms with Gasteiger partial charge in [0.05, 0.1) is 7.11 Å². The lowest BCUT2D eigenvalue weighted by molar-refractivity contribution is 0.414. The number of ether oxygens (including phenoxy) is 1. The molecule has 0 heterocycles. The number of hydrogen-bond acceptors (Lipinski definition) is 3. The summed E-state index contributed by atoms with van der Waals surface area (Å²) in [5.41, 5.74) is 7.44. The number of methoxy groups -OCH3 is 1. The summed E-state index contributed by atoms with van der Waals surface area (Å²) in [4.78, 5) is 1.23. The monoisotopic (exact) mass is 429 g/mol. The summed E-state index contributed by atoms with van der Waals surface area (Å²) < 4.78 is 7.43. The fourth-order valence-corrected chi connectivity index (χ4v) is 3.80. The van der Waals surface area contributed by atoms with Gasteiger partial charge in [-0.3, -0.25) is 0 Å². The molecule has 2 N–H and O–H groups in total. The van der Waals surface area contributed by atoms with Crippen LogP contribution in [0.15, 0.2) is 56.3 Å². The first kappa shape index (κ1) is 16.9. The van der Waals surface area contributed by atoms with E-state index in [4.69, 9.17) is 10.5 Å². The van der Waals surface area contributed by atoms with Crippen molar-refractivity contribution in [3.8, 4) is 5.75 Å². The van der Waals surface area contributed by atoms with E-state index in [9.17, 15) is 0 Å². The number of thioether (sulfide) groups is 1. The van der Waals surface area contributed by atoms with Crippen molar-refractivity contribution < 1.29 is 4.74 Å². The molecule has 0 bridgehead atoms. The SMILES string of the molecule is COc1ccc(Br)c(CC(N)CSc2cccc(Br)c2)c1. The van der Waals surface area contributed by atoms with Gasteiger partial charge < -0.3 is 10.5 Å². The summed E-state index contributed by atoms with van der Waals surface area (Å²) in [7, 11) is 1.68. The number of benzene rings is 2. The minimum absolute atomic E-state index is 0.0948. The van der Waals surface area contributed by atoms with E-state index in [0.29, 0.717) is 0 Å². The highest BCUT2D eigenvalue weighted by molar-refractivity contribution is 9.10. The fourth-order valence-electron chi connectivity index (χ4n) is 1.94. The molecule has 0 aliphatic carbocycles. The lowest BCUT2D eigenvalue weighted by atomic mass is 10.1. The Labute approximate surface area is 146 Å². The highest BCUT2D eigenvalue weighted by atomic mass is 79.9. The number of rotatable bonds is 6. The third kappa shape index (κ3) is 5.33. The van der Waals surface area contributed by atoms with Gasteiger partial charge >= 0.3 is 0 Å². The van der Waals surface area contributed by atoms with Gasteiger partial charge in [0, 0.05) is 25.6 Å². The van der Waals surface area contributed by atoms with E-state index >= 15 is 0 Å². The Kier molecular flexibility index (Phi) is 6.61. The molecule has 0 aromatic heterocycles. The topological polar surface area (TPSA) is 35.2 Å². The van der Waals surface area contributed by atoms with Crippen molar-refractivity contribution in [3.63, 3.8) is 0 Å². The maximum atomic E-state index is 6.26. The zero-order valence-electron chi connectivity index (χ0n) is 11.7. The van der Waals surface area contributed by atoms with E-state index in [1.807, 2.05) is 30.3 Å². The molecular weight excluding hydrogens is 414 g/mol. The van der Waals surface area contributed by atoms with Crippen LogP contribution in [0.5, 0.6) is 5.75 Å². The molecule has 0 saturated heterocycles. The fraction of sp³-hybridized carbons (Fsp3) is 0.250. The number of nitrogens with two attached hydrogens (primary N) is 1. The molecule has 2 aromatic rings. The van der Waals surface area contributed by atoms with Crippen LogP contribution in [0.1, 0.15) is 5.56 Å². The molecule has 2 nitrogen and oxygen atoms in total. The maximum absolute atomic E-state index is 6.26. The van der Waals surface area contributed by atoms with Gasteiger partial charge in [-0.25, -0.2) is 0 Å². The average Bonchev–Trinajstić information content (AvgIpc) is 2.47. The molecule has 1 atom stereocenters. The van der Waals surface area contributed by atoms with Gasteiger partial charge in [-0.05, 0) is 48.4 Å². The first-order chi connectivity index (χ1) is 10.1. The Morgan fingerprint density at radius 3 is 2.71 bits per heavy atom. The molecule has 0 radical (unpaired) electrons. The third-order valence-corrected chi connectivity index (χ3v) is 5.44. The van der Waals surface area contributed by atoms with Crippen molar-refractivity contribution in [3.05, 3.63) is 57.0 Å². The second-order valence-corrected chi connectivity index (χ2v) is 7.55. The van der Waals surface area contributed by atoms with Gasteiger partial charge in [0.2, 0.25) is 0 Å². The second-order valence-electron chi connectivity index (χ2n) is 4.69. The Balaban J connectivity index is 1.94. The van der Waals surface area contributed by atoms with E-state index < -0.39 is 0 Å².